The molecule has 0 unspecified atom stereocenters. The lowest BCUT2D eigenvalue weighted by atomic mass is 10.2. The Hall–Kier alpha value is -2.30. The average Bonchev–Trinajstić information content (AvgIpc) is 3.49. The van der Waals surface area contributed by atoms with Crippen molar-refractivity contribution in [3.63, 3.8) is 0 Å². The predicted octanol–water partition coefficient (Wildman–Crippen LogP) is 3.37. The number of sulfone groups is 1. The zero-order valence-corrected chi connectivity index (χ0v) is 19.9. The molecule has 11 heteroatoms. The van der Waals surface area contributed by atoms with Gasteiger partial charge in [0.25, 0.3) is 0 Å². The van der Waals surface area contributed by atoms with Gasteiger partial charge in [-0.25, -0.2) is 8.42 Å². The number of hydrogen-bond donors (Lipinski definition) is 0. The van der Waals surface area contributed by atoms with Crippen molar-refractivity contribution in [2.45, 2.75) is 31.1 Å². The Kier molecular flexibility index (Phi) is 6.92. The highest BCUT2D eigenvalue weighted by atomic mass is 35.5. The third-order valence-corrected chi connectivity index (χ3v) is 8.30. The first-order chi connectivity index (χ1) is 15.4. The fraction of sp³-hybridized carbons (Fsp3) is 0.381. The van der Waals surface area contributed by atoms with E-state index in [0.29, 0.717) is 35.5 Å². The maximum atomic E-state index is 12.9. The van der Waals surface area contributed by atoms with Crippen LogP contribution in [0.5, 0.6) is 0 Å². The van der Waals surface area contributed by atoms with Crippen LogP contribution < -0.4 is 0 Å². The minimum atomic E-state index is -3.06. The van der Waals surface area contributed by atoms with Gasteiger partial charge in [0.05, 0.1) is 30.1 Å². The summed E-state index contributed by atoms with van der Waals surface area (Å²) >= 11 is 7.30. The molecule has 0 N–H and O–H groups in total. The van der Waals surface area contributed by atoms with Crippen molar-refractivity contribution in [3.05, 3.63) is 53.4 Å². The standard InChI is InChI=1S/C21H23ClN4O4S2/c1-2-25(17-9-11-32(28,29)14-17)19(27)13-31-21-24-23-20(15-5-7-16(22)8-6-15)26(21)12-18-4-3-10-30-18/h3-8,10,17H,2,9,11-14H2,1H3/t17-/m1/s1. The Morgan fingerprint density at radius 3 is 2.69 bits per heavy atom. The molecule has 0 spiro atoms. The first-order valence-corrected chi connectivity index (χ1v) is 13.4. The SMILES string of the molecule is CCN(C(=O)CSc1nnc(-c2ccc(Cl)cc2)n1Cc1ccco1)[C@@H]1CCS(=O)(=O)C1. The minimum Gasteiger partial charge on any atom is -0.467 e. The topological polar surface area (TPSA) is 98.3 Å². The summed E-state index contributed by atoms with van der Waals surface area (Å²) in [7, 11) is -3.06. The maximum absolute atomic E-state index is 12.9. The number of aromatic nitrogens is 3. The van der Waals surface area contributed by atoms with Crippen molar-refractivity contribution < 1.29 is 17.6 Å². The number of carbonyl (C=O) groups excluding carboxylic acids is 1. The summed E-state index contributed by atoms with van der Waals surface area (Å²) in [6, 6.07) is 10.7. The summed E-state index contributed by atoms with van der Waals surface area (Å²) in [4.78, 5) is 14.6. The Morgan fingerprint density at radius 1 is 1.28 bits per heavy atom. The highest BCUT2D eigenvalue weighted by Crippen LogP contribution is 2.27. The second-order valence-electron chi connectivity index (χ2n) is 7.50. The summed E-state index contributed by atoms with van der Waals surface area (Å²) in [6.07, 6.45) is 2.09. The van der Waals surface area contributed by atoms with Gasteiger partial charge in [0.15, 0.2) is 20.8 Å². The highest BCUT2D eigenvalue weighted by molar-refractivity contribution is 7.99. The predicted molar refractivity (Wildman–Crippen MR) is 123 cm³/mol. The molecule has 32 heavy (non-hydrogen) atoms. The molecule has 3 aromatic rings. The molecule has 0 saturated carbocycles. The molecule has 3 heterocycles. The number of hydrogen-bond acceptors (Lipinski definition) is 7. The first-order valence-electron chi connectivity index (χ1n) is 10.2. The molecule has 0 bridgehead atoms. The number of benzene rings is 1. The van der Waals surface area contributed by atoms with Crippen LogP contribution in [0.25, 0.3) is 11.4 Å². The van der Waals surface area contributed by atoms with Gasteiger partial charge in [-0.05, 0) is 49.7 Å². The van der Waals surface area contributed by atoms with Crippen LogP contribution in [-0.4, -0.2) is 63.8 Å². The van der Waals surface area contributed by atoms with Gasteiger partial charge in [0.2, 0.25) is 5.91 Å². The van der Waals surface area contributed by atoms with Gasteiger partial charge in [0, 0.05) is 23.2 Å². The number of amides is 1. The van der Waals surface area contributed by atoms with Gasteiger partial charge >= 0.3 is 0 Å². The van der Waals surface area contributed by atoms with Crippen molar-refractivity contribution >= 4 is 39.1 Å². The van der Waals surface area contributed by atoms with Crippen LogP contribution >= 0.6 is 23.4 Å². The lowest BCUT2D eigenvalue weighted by Gasteiger charge is -2.26. The molecule has 1 aromatic carbocycles. The average molecular weight is 495 g/mol. The van der Waals surface area contributed by atoms with E-state index in [2.05, 4.69) is 10.2 Å². The molecule has 0 aliphatic carbocycles. The number of furan rings is 1. The monoisotopic (exact) mass is 494 g/mol. The van der Waals surface area contributed by atoms with E-state index in [1.165, 1.54) is 11.8 Å². The van der Waals surface area contributed by atoms with Gasteiger partial charge in [-0.3, -0.25) is 9.36 Å². The van der Waals surface area contributed by atoms with Crippen molar-refractivity contribution in [2.24, 2.45) is 0 Å². The second-order valence-corrected chi connectivity index (χ2v) is 11.1. The van der Waals surface area contributed by atoms with Gasteiger partial charge in [-0.1, -0.05) is 23.4 Å². The van der Waals surface area contributed by atoms with E-state index < -0.39 is 9.84 Å². The molecule has 1 saturated heterocycles. The maximum Gasteiger partial charge on any atom is 0.233 e. The Balaban J connectivity index is 1.53. The van der Waals surface area contributed by atoms with Crippen LogP contribution in [0, 0.1) is 0 Å². The summed E-state index contributed by atoms with van der Waals surface area (Å²) < 4.78 is 31.1. The van der Waals surface area contributed by atoms with Crippen LogP contribution in [-0.2, 0) is 21.2 Å². The van der Waals surface area contributed by atoms with Crippen molar-refractivity contribution in [1.82, 2.24) is 19.7 Å². The van der Waals surface area contributed by atoms with E-state index in [4.69, 9.17) is 16.0 Å². The largest absolute Gasteiger partial charge is 0.467 e. The summed E-state index contributed by atoms with van der Waals surface area (Å²) in [5.74, 6) is 1.58. The van der Waals surface area contributed by atoms with E-state index in [9.17, 15) is 13.2 Å². The van der Waals surface area contributed by atoms with E-state index in [1.807, 2.05) is 35.8 Å². The van der Waals surface area contributed by atoms with Gasteiger partial charge in [-0.15, -0.1) is 10.2 Å². The molecular weight excluding hydrogens is 472 g/mol. The van der Waals surface area contributed by atoms with Crippen molar-refractivity contribution in [1.29, 1.82) is 0 Å². The lowest BCUT2D eigenvalue weighted by Crippen LogP contribution is -2.42. The Bertz CT molecular complexity index is 1180. The first kappa shape index (κ1) is 22.9. The Labute approximate surface area is 195 Å². The van der Waals surface area contributed by atoms with Crippen LogP contribution in [0.15, 0.2) is 52.2 Å². The molecule has 1 fully saturated rings. The fourth-order valence-corrected chi connectivity index (χ4v) is 6.46. The van der Waals surface area contributed by atoms with E-state index in [0.717, 1.165) is 11.3 Å². The van der Waals surface area contributed by atoms with Crippen LogP contribution in [0.3, 0.4) is 0 Å². The molecule has 1 aliphatic rings. The van der Waals surface area contributed by atoms with Crippen molar-refractivity contribution in [3.8, 4) is 11.4 Å². The number of carbonyl (C=O) groups is 1. The normalized spacial score (nSPS) is 17.5. The number of halogens is 1. The zero-order chi connectivity index (χ0) is 22.7. The summed E-state index contributed by atoms with van der Waals surface area (Å²) in [5.41, 5.74) is 0.845. The molecule has 2 aromatic heterocycles. The third-order valence-electron chi connectivity index (χ3n) is 5.35. The van der Waals surface area contributed by atoms with Crippen molar-refractivity contribution in [2.75, 3.05) is 23.8 Å². The molecular formula is C21H23ClN4O4S2. The van der Waals surface area contributed by atoms with Gasteiger partial charge < -0.3 is 9.32 Å². The fourth-order valence-electron chi connectivity index (χ4n) is 3.78. The van der Waals surface area contributed by atoms with Crippen LogP contribution in [0.4, 0.5) is 0 Å². The smallest absolute Gasteiger partial charge is 0.233 e. The highest BCUT2D eigenvalue weighted by Gasteiger charge is 2.34. The Morgan fingerprint density at radius 2 is 2.06 bits per heavy atom. The molecule has 170 valence electrons. The molecule has 4 rings (SSSR count). The number of nitrogens with zero attached hydrogens (tertiary/aromatic N) is 4. The summed E-state index contributed by atoms with van der Waals surface area (Å²) in [6.45, 7) is 2.74. The lowest BCUT2D eigenvalue weighted by molar-refractivity contribution is -0.129. The molecule has 1 atom stereocenters. The summed E-state index contributed by atoms with van der Waals surface area (Å²) in [5, 5.41) is 9.85. The zero-order valence-electron chi connectivity index (χ0n) is 17.5. The molecule has 0 radical (unpaired) electrons. The molecule has 1 aliphatic heterocycles. The van der Waals surface area contributed by atoms with E-state index in [1.54, 1.807) is 23.3 Å². The van der Waals surface area contributed by atoms with Crippen LogP contribution in [0.1, 0.15) is 19.1 Å². The minimum absolute atomic E-state index is 0.0344. The number of thioether (sulfide) groups is 1. The molecule has 8 nitrogen and oxygen atoms in total. The van der Waals surface area contributed by atoms with Crippen LogP contribution in [0.2, 0.25) is 5.02 Å². The molecule has 1 amide bonds. The van der Waals surface area contributed by atoms with Gasteiger partial charge in [-0.2, -0.15) is 0 Å². The quantitative estimate of drug-likeness (QED) is 0.443. The third kappa shape index (κ3) is 5.19. The van der Waals surface area contributed by atoms with E-state index in [-0.39, 0.29) is 29.2 Å². The number of rotatable bonds is 8. The van der Waals surface area contributed by atoms with Gasteiger partial charge in [0.1, 0.15) is 5.76 Å². The van der Waals surface area contributed by atoms with E-state index >= 15 is 0 Å². The second kappa shape index (κ2) is 9.68.